The molecule has 2 heteroatoms. The highest BCUT2D eigenvalue weighted by Crippen LogP contribution is 2.43. The lowest BCUT2D eigenvalue weighted by Crippen LogP contribution is -2.10. The highest BCUT2D eigenvalue weighted by Gasteiger charge is 2.19. The van der Waals surface area contributed by atoms with E-state index in [0.29, 0.717) is 0 Å². The second kappa shape index (κ2) is 10.8. The third-order valence-corrected chi connectivity index (χ3v) is 9.02. The summed E-state index contributed by atoms with van der Waals surface area (Å²) < 4.78 is 6.28. The summed E-state index contributed by atoms with van der Waals surface area (Å²) in [7, 11) is 0. The van der Waals surface area contributed by atoms with E-state index in [9.17, 15) is 0 Å². The van der Waals surface area contributed by atoms with E-state index in [-0.39, 0.29) is 0 Å². The Bertz CT molecular complexity index is 2530. The van der Waals surface area contributed by atoms with Crippen molar-refractivity contribution in [1.29, 1.82) is 0 Å². The highest BCUT2D eigenvalue weighted by atomic mass is 16.3. The lowest BCUT2D eigenvalue weighted by atomic mass is 9.92. The van der Waals surface area contributed by atoms with Crippen LogP contribution < -0.4 is 4.90 Å². The maximum absolute atomic E-state index is 6.28. The average molecular weight is 588 g/mol. The molecule has 0 amide bonds. The standard InChI is InChI=1S/C44H29NO/c1-2-14-36(15-3-1)45(41-18-10-20-43-44(41)39-17-8-9-19-42(39)46-43)37-25-23-31(24-26-37)40-29-35(28-34-13-6-7-16-38(34)40)33-22-21-30-11-4-5-12-32(30)27-33/h1-29H. The first-order chi connectivity index (χ1) is 22.8. The zero-order chi connectivity index (χ0) is 30.5. The Morgan fingerprint density at radius 3 is 1.85 bits per heavy atom. The van der Waals surface area contributed by atoms with Crippen molar-refractivity contribution in [2.45, 2.75) is 0 Å². The Hall–Kier alpha value is -6.12. The van der Waals surface area contributed by atoms with Crippen LogP contribution in [0.2, 0.25) is 0 Å². The predicted molar refractivity (Wildman–Crippen MR) is 194 cm³/mol. The van der Waals surface area contributed by atoms with Gasteiger partial charge < -0.3 is 9.32 Å². The van der Waals surface area contributed by atoms with Crippen LogP contribution in [0.3, 0.4) is 0 Å². The third-order valence-electron chi connectivity index (χ3n) is 9.02. The van der Waals surface area contributed by atoms with Crippen LogP contribution >= 0.6 is 0 Å². The van der Waals surface area contributed by atoms with Gasteiger partial charge in [0.25, 0.3) is 0 Å². The Balaban J connectivity index is 1.19. The van der Waals surface area contributed by atoms with Crippen LogP contribution in [0.4, 0.5) is 17.1 Å². The molecule has 9 rings (SSSR count). The molecule has 216 valence electrons. The van der Waals surface area contributed by atoms with E-state index < -0.39 is 0 Å². The minimum atomic E-state index is 0.883. The summed E-state index contributed by atoms with van der Waals surface area (Å²) in [6.07, 6.45) is 0. The lowest BCUT2D eigenvalue weighted by molar-refractivity contribution is 0.669. The fourth-order valence-corrected chi connectivity index (χ4v) is 6.82. The van der Waals surface area contributed by atoms with E-state index >= 15 is 0 Å². The van der Waals surface area contributed by atoms with E-state index in [4.69, 9.17) is 4.42 Å². The molecule has 1 aromatic heterocycles. The van der Waals surface area contributed by atoms with Crippen LogP contribution in [0.25, 0.3) is 65.7 Å². The monoisotopic (exact) mass is 587 g/mol. The molecule has 0 spiro atoms. The number of anilines is 3. The molecule has 0 aliphatic carbocycles. The zero-order valence-corrected chi connectivity index (χ0v) is 25.1. The molecule has 0 aliphatic rings. The van der Waals surface area contributed by atoms with Gasteiger partial charge in [-0.3, -0.25) is 0 Å². The summed E-state index contributed by atoms with van der Waals surface area (Å²) in [6, 6.07) is 62.8. The van der Waals surface area contributed by atoms with Gasteiger partial charge in [-0.15, -0.1) is 0 Å². The van der Waals surface area contributed by atoms with Gasteiger partial charge in [0.15, 0.2) is 0 Å². The molecule has 0 saturated carbocycles. The molecule has 1 heterocycles. The minimum absolute atomic E-state index is 0.883. The number of nitrogens with zero attached hydrogens (tertiary/aromatic N) is 1. The second-order valence-corrected chi connectivity index (χ2v) is 11.8. The molecular weight excluding hydrogens is 558 g/mol. The van der Waals surface area contributed by atoms with Crippen molar-refractivity contribution in [1.82, 2.24) is 0 Å². The van der Waals surface area contributed by atoms with Crippen LogP contribution in [0.5, 0.6) is 0 Å². The molecule has 0 unspecified atom stereocenters. The van der Waals surface area contributed by atoms with Gasteiger partial charge in [-0.05, 0) is 104 Å². The number of fused-ring (bicyclic) bond motifs is 5. The molecule has 0 atom stereocenters. The normalized spacial score (nSPS) is 11.5. The van der Waals surface area contributed by atoms with Crippen LogP contribution in [0.1, 0.15) is 0 Å². The molecular formula is C44H29NO. The van der Waals surface area contributed by atoms with E-state index in [1.807, 2.05) is 12.1 Å². The minimum Gasteiger partial charge on any atom is -0.456 e. The summed E-state index contributed by atoms with van der Waals surface area (Å²) in [5.74, 6) is 0. The van der Waals surface area contributed by atoms with Gasteiger partial charge in [0, 0.05) is 16.8 Å². The van der Waals surface area contributed by atoms with E-state index in [1.165, 1.54) is 43.8 Å². The van der Waals surface area contributed by atoms with Crippen molar-refractivity contribution in [3.05, 3.63) is 176 Å². The number of para-hydroxylation sites is 2. The van der Waals surface area contributed by atoms with Crippen LogP contribution in [-0.4, -0.2) is 0 Å². The highest BCUT2D eigenvalue weighted by molar-refractivity contribution is 6.13. The summed E-state index contributed by atoms with van der Waals surface area (Å²) >= 11 is 0. The predicted octanol–water partition coefficient (Wildman–Crippen LogP) is 12.7. The van der Waals surface area contributed by atoms with Gasteiger partial charge >= 0.3 is 0 Å². The number of benzene rings is 8. The summed E-state index contributed by atoms with van der Waals surface area (Å²) in [6.45, 7) is 0. The molecule has 0 aliphatic heterocycles. The zero-order valence-electron chi connectivity index (χ0n) is 25.1. The fraction of sp³-hybridized carbons (Fsp3) is 0. The molecule has 9 aromatic rings. The van der Waals surface area contributed by atoms with Crippen LogP contribution in [0, 0.1) is 0 Å². The molecule has 0 fully saturated rings. The van der Waals surface area contributed by atoms with Gasteiger partial charge in [-0.25, -0.2) is 0 Å². The topological polar surface area (TPSA) is 16.4 Å². The Kier molecular flexibility index (Phi) is 6.17. The van der Waals surface area contributed by atoms with Crippen LogP contribution in [-0.2, 0) is 0 Å². The fourth-order valence-electron chi connectivity index (χ4n) is 6.82. The van der Waals surface area contributed by atoms with Crippen molar-refractivity contribution in [2.75, 3.05) is 4.90 Å². The van der Waals surface area contributed by atoms with Crippen molar-refractivity contribution in [2.24, 2.45) is 0 Å². The molecule has 0 N–H and O–H groups in total. The maximum Gasteiger partial charge on any atom is 0.137 e. The van der Waals surface area contributed by atoms with Gasteiger partial charge in [0.05, 0.1) is 11.1 Å². The Morgan fingerprint density at radius 1 is 0.370 bits per heavy atom. The number of hydrogen-bond acceptors (Lipinski definition) is 2. The largest absolute Gasteiger partial charge is 0.456 e. The third kappa shape index (κ3) is 4.43. The Labute approximate surface area is 267 Å². The molecule has 0 bridgehead atoms. The van der Waals surface area contributed by atoms with Gasteiger partial charge in [-0.2, -0.15) is 0 Å². The number of hydrogen-bond donors (Lipinski definition) is 0. The molecule has 2 nitrogen and oxygen atoms in total. The average Bonchev–Trinajstić information content (AvgIpc) is 3.51. The molecule has 46 heavy (non-hydrogen) atoms. The van der Waals surface area contributed by atoms with E-state index in [1.54, 1.807) is 0 Å². The number of rotatable bonds is 5. The molecule has 0 radical (unpaired) electrons. The van der Waals surface area contributed by atoms with Crippen molar-refractivity contribution in [3.63, 3.8) is 0 Å². The smallest absolute Gasteiger partial charge is 0.137 e. The molecule has 0 saturated heterocycles. The van der Waals surface area contributed by atoms with Crippen molar-refractivity contribution < 1.29 is 4.42 Å². The molecule has 8 aromatic carbocycles. The Morgan fingerprint density at radius 2 is 1.00 bits per heavy atom. The first kappa shape index (κ1) is 26.3. The van der Waals surface area contributed by atoms with Gasteiger partial charge in [0.2, 0.25) is 0 Å². The van der Waals surface area contributed by atoms with Gasteiger partial charge in [0.1, 0.15) is 11.2 Å². The first-order valence-electron chi connectivity index (χ1n) is 15.7. The summed E-state index contributed by atoms with van der Waals surface area (Å²) in [5.41, 5.74) is 9.89. The quantitative estimate of drug-likeness (QED) is 0.199. The van der Waals surface area contributed by atoms with Gasteiger partial charge in [-0.1, -0.05) is 115 Å². The lowest BCUT2D eigenvalue weighted by Gasteiger charge is -2.26. The second-order valence-electron chi connectivity index (χ2n) is 11.8. The summed E-state index contributed by atoms with van der Waals surface area (Å²) in [4.78, 5) is 2.33. The van der Waals surface area contributed by atoms with Crippen molar-refractivity contribution in [3.8, 4) is 22.3 Å². The maximum atomic E-state index is 6.28. The summed E-state index contributed by atoms with van der Waals surface area (Å²) in [5, 5.41) is 7.21. The number of furan rings is 1. The van der Waals surface area contributed by atoms with Crippen LogP contribution in [0.15, 0.2) is 180 Å². The SMILES string of the molecule is c1ccc(N(c2ccc(-c3cc(-c4ccc5ccccc5c4)cc4ccccc34)cc2)c2cccc3oc4ccccc4c23)cc1. The van der Waals surface area contributed by atoms with Crippen molar-refractivity contribution >= 4 is 60.5 Å². The van der Waals surface area contributed by atoms with E-state index in [2.05, 4.69) is 169 Å². The first-order valence-corrected chi connectivity index (χ1v) is 15.7. The van der Waals surface area contributed by atoms with E-state index in [0.717, 1.165) is 39.0 Å².